The fraction of sp³-hybridized carbons (Fsp3) is 0.920. The first-order chi connectivity index (χ1) is 14.2. The molecule has 0 aliphatic heterocycles. The number of esters is 1. The molecule has 0 amide bonds. The number of rotatable bonds is 22. The molecule has 0 aliphatic carbocycles. The number of unbranched alkanes of at least 4 members (excludes halogenated alkanes) is 16. The molecule has 0 aromatic heterocycles. The Kier molecular flexibility index (Phi) is 23.3. The predicted molar refractivity (Wildman–Crippen MR) is 127 cm³/mol. The molecule has 0 spiro atoms. The highest BCUT2D eigenvalue weighted by Gasteiger charge is 2.06. The van der Waals surface area contributed by atoms with E-state index in [1.807, 2.05) is 0 Å². The summed E-state index contributed by atoms with van der Waals surface area (Å²) >= 11 is 1.16. The van der Waals surface area contributed by atoms with Gasteiger partial charge in [-0.2, -0.15) is 0 Å². The van der Waals surface area contributed by atoms with Gasteiger partial charge >= 0.3 is 5.97 Å². The lowest BCUT2D eigenvalue weighted by Gasteiger charge is -2.05. The van der Waals surface area contributed by atoms with Crippen molar-refractivity contribution in [2.75, 3.05) is 5.94 Å². The minimum atomic E-state index is -0.156. The largest absolute Gasteiger partial charge is 0.454 e. The summed E-state index contributed by atoms with van der Waals surface area (Å²) < 4.78 is 5.18. The molecule has 0 N–H and O–H groups in total. The van der Waals surface area contributed by atoms with E-state index < -0.39 is 0 Å². The molecule has 0 aromatic carbocycles. The van der Waals surface area contributed by atoms with Crippen LogP contribution < -0.4 is 0 Å². The number of ether oxygens (including phenoxy) is 1. The van der Waals surface area contributed by atoms with E-state index in [0.29, 0.717) is 12.8 Å². The average molecular weight is 429 g/mol. The maximum absolute atomic E-state index is 11.8. The van der Waals surface area contributed by atoms with Gasteiger partial charge in [-0.25, -0.2) is 0 Å². The predicted octanol–water partition coefficient (Wildman–Crippen LogP) is 8.59. The van der Waals surface area contributed by atoms with Crippen molar-refractivity contribution in [1.29, 1.82) is 0 Å². The van der Waals surface area contributed by atoms with Gasteiger partial charge in [0.25, 0.3) is 0 Å². The molecule has 0 aliphatic rings. The second kappa shape index (κ2) is 23.8. The number of hydrogen-bond acceptors (Lipinski definition) is 4. The summed E-state index contributed by atoms with van der Waals surface area (Å²) in [4.78, 5) is 23.5. The van der Waals surface area contributed by atoms with Crippen molar-refractivity contribution < 1.29 is 14.3 Å². The smallest absolute Gasteiger partial charge is 0.306 e. The maximum atomic E-state index is 11.8. The summed E-state index contributed by atoms with van der Waals surface area (Å²) in [7, 11) is 0. The topological polar surface area (TPSA) is 43.4 Å². The quantitative estimate of drug-likeness (QED) is 0.0983. The zero-order valence-corrected chi connectivity index (χ0v) is 20.3. The third-order valence-electron chi connectivity index (χ3n) is 5.41. The second-order valence-electron chi connectivity index (χ2n) is 8.31. The summed E-state index contributed by atoms with van der Waals surface area (Å²) in [6, 6.07) is 0. The minimum absolute atomic E-state index is 0.156. The molecule has 0 saturated carbocycles. The Morgan fingerprint density at radius 2 is 0.931 bits per heavy atom. The van der Waals surface area contributed by atoms with Gasteiger partial charge in [-0.3, -0.25) is 9.59 Å². The van der Waals surface area contributed by atoms with E-state index in [9.17, 15) is 9.59 Å². The number of thioether (sulfide) groups is 1. The lowest BCUT2D eigenvalue weighted by atomic mass is 10.1. The fourth-order valence-electron chi connectivity index (χ4n) is 3.47. The highest BCUT2D eigenvalue weighted by molar-refractivity contribution is 8.13. The molecule has 4 heteroatoms. The van der Waals surface area contributed by atoms with E-state index in [0.717, 1.165) is 37.4 Å². The number of hydrogen-bond donors (Lipinski definition) is 0. The van der Waals surface area contributed by atoms with Gasteiger partial charge in [-0.15, -0.1) is 0 Å². The van der Waals surface area contributed by atoms with Crippen molar-refractivity contribution in [3.63, 3.8) is 0 Å². The van der Waals surface area contributed by atoms with E-state index in [1.54, 1.807) is 0 Å². The van der Waals surface area contributed by atoms with Gasteiger partial charge in [0, 0.05) is 12.8 Å². The molecule has 0 fully saturated rings. The molecule has 0 atom stereocenters. The normalized spacial score (nSPS) is 11.0. The molecule has 0 unspecified atom stereocenters. The van der Waals surface area contributed by atoms with Gasteiger partial charge in [0.1, 0.15) is 5.94 Å². The van der Waals surface area contributed by atoms with Crippen LogP contribution in [0.2, 0.25) is 0 Å². The fourth-order valence-corrected chi connectivity index (χ4v) is 4.08. The Hall–Kier alpha value is -0.510. The highest BCUT2D eigenvalue weighted by atomic mass is 32.2. The van der Waals surface area contributed by atoms with Crippen LogP contribution in [0.5, 0.6) is 0 Å². The van der Waals surface area contributed by atoms with Crippen molar-refractivity contribution in [2.24, 2.45) is 0 Å². The lowest BCUT2D eigenvalue weighted by Crippen LogP contribution is -2.05. The summed E-state index contributed by atoms with van der Waals surface area (Å²) in [5.74, 6) is 0.0308. The Labute approximate surface area is 185 Å². The van der Waals surface area contributed by atoms with Gasteiger partial charge in [-0.1, -0.05) is 117 Å². The molecule has 0 bridgehead atoms. The van der Waals surface area contributed by atoms with Crippen LogP contribution in [0.4, 0.5) is 0 Å². The van der Waals surface area contributed by atoms with Gasteiger partial charge in [0.15, 0.2) is 5.12 Å². The first-order valence-corrected chi connectivity index (χ1v) is 13.5. The monoisotopic (exact) mass is 428 g/mol. The average Bonchev–Trinajstić information content (AvgIpc) is 2.71. The first kappa shape index (κ1) is 28.5. The Morgan fingerprint density at radius 3 is 1.38 bits per heavy atom. The third-order valence-corrected chi connectivity index (χ3v) is 6.17. The lowest BCUT2D eigenvalue weighted by molar-refractivity contribution is -0.141. The zero-order valence-electron chi connectivity index (χ0n) is 19.5. The Bertz CT molecular complexity index is 337. The molecule has 3 nitrogen and oxygen atoms in total. The molecule has 0 radical (unpaired) electrons. The van der Waals surface area contributed by atoms with Gasteiger partial charge in [0.2, 0.25) is 0 Å². The van der Waals surface area contributed by atoms with Gasteiger partial charge in [-0.05, 0) is 24.6 Å². The minimum Gasteiger partial charge on any atom is -0.454 e. The first-order valence-electron chi connectivity index (χ1n) is 12.5. The maximum Gasteiger partial charge on any atom is 0.306 e. The van der Waals surface area contributed by atoms with Crippen LogP contribution in [0.15, 0.2) is 0 Å². The van der Waals surface area contributed by atoms with Crippen molar-refractivity contribution >= 4 is 22.8 Å². The standard InChI is InChI=1S/C25H48O3S/c1-3-5-7-9-11-13-15-17-19-21-24(26)28-23-29-25(27)22-20-18-16-14-12-10-8-6-4-2/h3-23H2,1-2H3. The molecule has 0 rings (SSSR count). The van der Waals surface area contributed by atoms with E-state index in [-0.39, 0.29) is 17.0 Å². The van der Waals surface area contributed by atoms with E-state index >= 15 is 0 Å². The van der Waals surface area contributed by atoms with Crippen LogP contribution in [-0.4, -0.2) is 17.0 Å². The van der Waals surface area contributed by atoms with Crippen LogP contribution in [-0.2, 0) is 14.3 Å². The molecule has 29 heavy (non-hydrogen) atoms. The molecule has 0 heterocycles. The zero-order chi connectivity index (χ0) is 21.4. The Morgan fingerprint density at radius 1 is 0.552 bits per heavy atom. The van der Waals surface area contributed by atoms with Crippen LogP contribution in [0.25, 0.3) is 0 Å². The number of carbonyl (C=O) groups excluding carboxylic acids is 2. The molecule has 172 valence electrons. The van der Waals surface area contributed by atoms with Gasteiger partial charge < -0.3 is 4.74 Å². The van der Waals surface area contributed by atoms with Crippen LogP contribution >= 0.6 is 11.8 Å². The van der Waals surface area contributed by atoms with Crippen LogP contribution in [0.3, 0.4) is 0 Å². The molecular formula is C25H48O3S. The van der Waals surface area contributed by atoms with Crippen molar-refractivity contribution in [1.82, 2.24) is 0 Å². The SMILES string of the molecule is CCCCCCCCCCCC(=O)OCSC(=O)CCCCCCCCCCC. The van der Waals surface area contributed by atoms with Gasteiger partial charge in [0.05, 0.1) is 0 Å². The molecule has 0 saturated heterocycles. The van der Waals surface area contributed by atoms with Crippen molar-refractivity contribution in [3.8, 4) is 0 Å². The van der Waals surface area contributed by atoms with E-state index in [2.05, 4.69) is 13.8 Å². The summed E-state index contributed by atoms with van der Waals surface area (Å²) in [5.41, 5.74) is 0. The molecule has 0 aromatic rings. The Balaban J connectivity index is 3.31. The highest BCUT2D eigenvalue weighted by Crippen LogP contribution is 2.15. The second-order valence-corrected chi connectivity index (χ2v) is 9.29. The van der Waals surface area contributed by atoms with Crippen LogP contribution in [0.1, 0.15) is 142 Å². The van der Waals surface area contributed by atoms with E-state index in [4.69, 9.17) is 4.74 Å². The van der Waals surface area contributed by atoms with Crippen molar-refractivity contribution in [3.05, 3.63) is 0 Å². The van der Waals surface area contributed by atoms with Crippen molar-refractivity contribution in [2.45, 2.75) is 142 Å². The summed E-state index contributed by atoms with van der Waals surface area (Å²) in [6.07, 6.45) is 23.6. The number of carbonyl (C=O) groups is 2. The summed E-state index contributed by atoms with van der Waals surface area (Å²) in [5, 5.41) is 0.156. The van der Waals surface area contributed by atoms with Crippen LogP contribution in [0, 0.1) is 0 Å². The third kappa shape index (κ3) is 23.6. The summed E-state index contributed by atoms with van der Waals surface area (Å²) in [6.45, 7) is 4.49. The van der Waals surface area contributed by atoms with E-state index in [1.165, 1.54) is 89.9 Å². The molecular weight excluding hydrogens is 380 g/mol.